The Balaban J connectivity index is 2.64. The second kappa shape index (κ2) is 6.29. The van der Waals surface area contributed by atoms with Crippen molar-refractivity contribution in [1.29, 1.82) is 0 Å². The van der Waals surface area contributed by atoms with Crippen molar-refractivity contribution in [2.75, 3.05) is 19.5 Å². The number of methoxy groups -OCH3 is 1. The van der Waals surface area contributed by atoms with E-state index < -0.39 is 24.3 Å². The number of amides is 1. The normalized spacial score (nSPS) is 33.8. The van der Waals surface area contributed by atoms with Crippen LogP contribution in [0.2, 0.25) is 0 Å². The highest BCUT2D eigenvalue weighted by Gasteiger charge is 2.44. The highest BCUT2D eigenvalue weighted by molar-refractivity contribution is 7.99. The molecule has 1 amide bonds. The molecule has 0 unspecified atom stereocenters. The molecule has 7 heteroatoms. The van der Waals surface area contributed by atoms with Gasteiger partial charge in [0.15, 0.2) is 0 Å². The Morgan fingerprint density at radius 1 is 1.62 bits per heavy atom. The van der Waals surface area contributed by atoms with E-state index in [1.165, 1.54) is 18.9 Å². The summed E-state index contributed by atoms with van der Waals surface area (Å²) in [5, 5.41) is 21.3. The molecule has 16 heavy (non-hydrogen) atoms. The average molecular weight is 251 g/mol. The molecule has 0 spiro atoms. The lowest BCUT2D eigenvalue weighted by molar-refractivity contribution is -0.00312. The van der Waals surface area contributed by atoms with Crippen LogP contribution in [0.15, 0.2) is 0 Å². The largest absolute Gasteiger partial charge is 0.453 e. The molecule has 0 bridgehead atoms. The van der Waals surface area contributed by atoms with Gasteiger partial charge in [0.2, 0.25) is 0 Å². The monoisotopic (exact) mass is 251 g/mol. The summed E-state index contributed by atoms with van der Waals surface area (Å²) in [6.07, 6.45) is -2.20. The van der Waals surface area contributed by atoms with Crippen LogP contribution in [0.1, 0.15) is 6.92 Å². The Kier molecular flexibility index (Phi) is 5.33. The fourth-order valence-corrected chi connectivity index (χ4v) is 2.52. The lowest BCUT2D eigenvalue weighted by atomic mass is 10.1. The zero-order valence-electron chi connectivity index (χ0n) is 9.25. The molecule has 1 aliphatic rings. The van der Waals surface area contributed by atoms with Crippen molar-refractivity contribution in [2.45, 2.75) is 30.6 Å². The molecule has 94 valence electrons. The summed E-state index contributed by atoms with van der Waals surface area (Å²) in [6.45, 7) is 1.67. The summed E-state index contributed by atoms with van der Waals surface area (Å²) in [4.78, 5) is 11.1. The van der Waals surface area contributed by atoms with E-state index in [4.69, 9.17) is 9.84 Å². The predicted octanol–water partition coefficient (Wildman–Crippen LogP) is -0.458. The van der Waals surface area contributed by atoms with Crippen LogP contribution in [-0.2, 0) is 9.47 Å². The van der Waals surface area contributed by atoms with Crippen LogP contribution in [0.4, 0.5) is 4.79 Å². The van der Waals surface area contributed by atoms with Crippen LogP contribution in [0, 0.1) is 0 Å². The number of aliphatic hydroxyl groups excluding tert-OH is 2. The van der Waals surface area contributed by atoms with Gasteiger partial charge in [-0.2, -0.15) is 0 Å². The fraction of sp³-hybridized carbons (Fsp3) is 0.889. The molecular weight excluding hydrogens is 234 g/mol. The zero-order valence-corrected chi connectivity index (χ0v) is 10.1. The predicted molar refractivity (Wildman–Crippen MR) is 59.2 cm³/mol. The van der Waals surface area contributed by atoms with Crippen LogP contribution in [0.5, 0.6) is 0 Å². The number of carbonyl (C=O) groups excluding carboxylic acids is 1. The number of hydrogen-bond acceptors (Lipinski definition) is 6. The van der Waals surface area contributed by atoms with Crippen LogP contribution in [-0.4, -0.2) is 59.5 Å². The van der Waals surface area contributed by atoms with Crippen molar-refractivity contribution in [3.63, 3.8) is 0 Å². The van der Waals surface area contributed by atoms with Gasteiger partial charge in [0.25, 0.3) is 0 Å². The maximum absolute atomic E-state index is 11.1. The van der Waals surface area contributed by atoms with Crippen molar-refractivity contribution < 1.29 is 24.5 Å². The highest BCUT2D eigenvalue weighted by Crippen LogP contribution is 2.29. The van der Waals surface area contributed by atoms with Gasteiger partial charge >= 0.3 is 6.09 Å². The Bertz CT molecular complexity index is 240. The van der Waals surface area contributed by atoms with Crippen molar-refractivity contribution in [2.24, 2.45) is 0 Å². The van der Waals surface area contributed by atoms with Crippen molar-refractivity contribution in [1.82, 2.24) is 5.32 Å². The first-order valence-corrected chi connectivity index (χ1v) is 6.09. The zero-order chi connectivity index (χ0) is 12.1. The van der Waals surface area contributed by atoms with Crippen molar-refractivity contribution >= 4 is 17.9 Å². The summed E-state index contributed by atoms with van der Waals surface area (Å²) >= 11 is 1.46. The number of alkyl carbamates (subject to hydrolysis) is 1. The average Bonchev–Trinajstić information content (AvgIpc) is 2.57. The highest BCUT2D eigenvalue weighted by atomic mass is 32.2. The van der Waals surface area contributed by atoms with Gasteiger partial charge in [-0.3, -0.25) is 0 Å². The third-order valence-electron chi connectivity index (χ3n) is 2.33. The van der Waals surface area contributed by atoms with Gasteiger partial charge in [-0.25, -0.2) is 4.79 Å². The van der Waals surface area contributed by atoms with Gasteiger partial charge in [0.1, 0.15) is 17.6 Å². The maximum atomic E-state index is 11.1. The summed E-state index contributed by atoms with van der Waals surface area (Å²) in [7, 11) is 1.25. The molecule has 1 heterocycles. The van der Waals surface area contributed by atoms with Crippen LogP contribution < -0.4 is 5.32 Å². The summed E-state index contributed by atoms with van der Waals surface area (Å²) < 4.78 is 9.88. The summed E-state index contributed by atoms with van der Waals surface area (Å²) in [5.74, 6) is 0.787. The Labute approximate surface area is 98.3 Å². The lowest BCUT2D eigenvalue weighted by Crippen LogP contribution is -2.47. The molecule has 0 aromatic heterocycles. The van der Waals surface area contributed by atoms with E-state index >= 15 is 0 Å². The minimum absolute atomic E-state index is 0.276. The third-order valence-corrected chi connectivity index (χ3v) is 3.40. The first-order valence-electron chi connectivity index (χ1n) is 5.04. The van der Waals surface area contributed by atoms with E-state index in [0.29, 0.717) is 0 Å². The van der Waals surface area contributed by atoms with Crippen LogP contribution in [0.3, 0.4) is 0 Å². The quantitative estimate of drug-likeness (QED) is 0.627. The van der Waals surface area contributed by atoms with Crippen molar-refractivity contribution in [3.8, 4) is 0 Å². The van der Waals surface area contributed by atoms with E-state index in [1.54, 1.807) is 0 Å². The summed E-state index contributed by atoms with van der Waals surface area (Å²) in [6, 6.07) is -0.561. The molecule has 1 aliphatic heterocycles. The van der Waals surface area contributed by atoms with E-state index in [1.807, 2.05) is 6.92 Å². The SMILES string of the molecule is CCS[C@@H]1O[C@H](CO)[C@H](O)[C@H]1NC(=O)OC. The first kappa shape index (κ1) is 13.6. The third kappa shape index (κ3) is 3.00. The molecule has 1 saturated heterocycles. The van der Waals surface area contributed by atoms with Crippen molar-refractivity contribution in [3.05, 3.63) is 0 Å². The molecule has 0 aliphatic carbocycles. The lowest BCUT2D eigenvalue weighted by Gasteiger charge is -2.20. The van der Waals surface area contributed by atoms with Gasteiger partial charge in [-0.15, -0.1) is 11.8 Å². The maximum Gasteiger partial charge on any atom is 0.407 e. The molecule has 1 rings (SSSR count). The second-order valence-corrected chi connectivity index (χ2v) is 4.71. The standard InChI is InChI=1S/C9H17NO5S/c1-3-16-8-6(10-9(13)14-2)7(12)5(4-11)15-8/h5-8,11-12H,3-4H2,1-2H3,(H,10,13)/t5-,6-,7+,8+/m1/s1. The molecule has 0 radical (unpaired) electrons. The number of aliphatic hydroxyl groups is 2. The molecule has 0 saturated carbocycles. The minimum Gasteiger partial charge on any atom is -0.453 e. The van der Waals surface area contributed by atoms with Gasteiger partial charge in [-0.1, -0.05) is 6.92 Å². The number of carbonyl (C=O) groups is 1. The molecule has 3 N–H and O–H groups in total. The fourth-order valence-electron chi connectivity index (χ4n) is 1.54. The van der Waals surface area contributed by atoms with E-state index in [9.17, 15) is 9.90 Å². The second-order valence-electron chi connectivity index (χ2n) is 3.33. The molecule has 0 aromatic rings. The van der Waals surface area contributed by atoms with E-state index in [-0.39, 0.29) is 12.0 Å². The van der Waals surface area contributed by atoms with Crippen LogP contribution >= 0.6 is 11.8 Å². The minimum atomic E-state index is -0.923. The molecule has 1 fully saturated rings. The molecule has 6 nitrogen and oxygen atoms in total. The Morgan fingerprint density at radius 2 is 2.31 bits per heavy atom. The van der Waals surface area contributed by atoms with Gasteiger partial charge < -0.3 is 25.0 Å². The summed E-state index contributed by atoms with van der Waals surface area (Å²) in [5.41, 5.74) is -0.365. The Morgan fingerprint density at radius 3 is 2.81 bits per heavy atom. The van der Waals surface area contributed by atoms with E-state index in [2.05, 4.69) is 10.1 Å². The molecule has 0 aromatic carbocycles. The molecule has 4 atom stereocenters. The first-order chi connectivity index (χ1) is 7.63. The number of thioether (sulfide) groups is 1. The molecular formula is C9H17NO5S. The Hall–Kier alpha value is -0.500. The van der Waals surface area contributed by atoms with Gasteiger partial charge in [0, 0.05) is 0 Å². The topological polar surface area (TPSA) is 88.0 Å². The van der Waals surface area contributed by atoms with Gasteiger partial charge in [-0.05, 0) is 5.75 Å². The van der Waals surface area contributed by atoms with E-state index in [0.717, 1.165) is 5.75 Å². The number of hydrogen-bond donors (Lipinski definition) is 3. The van der Waals surface area contributed by atoms with Gasteiger partial charge in [0.05, 0.1) is 19.8 Å². The smallest absolute Gasteiger partial charge is 0.407 e. The number of ether oxygens (including phenoxy) is 2. The number of nitrogens with one attached hydrogen (secondary N) is 1. The number of rotatable bonds is 4. The van der Waals surface area contributed by atoms with Crippen LogP contribution in [0.25, 0.3) is 0 Å².